The standard InChI is InChI=1S/C23H17BrFN3OS/c24-21-10-9-19(25)12-18(21)14-29-20-8-4-5-16(11-20)13-26-28-23-27-22(15-30-23)17-6-2-1-3-7-17/h1-13,15H,14H2,(H,27,28). The summed E-state index contributed by atoms with van der Waals surface area (Å²) in [5.74, 6) is 0.386. The van der Waals surface area contributed by atoms with Crippen LogP contribution in [0, 0.1) is 5.82 Å². The van der Waals surface area contributed by atoms with Crippen molar-refractivity contribution >= 4 is 38.6 Å². The van der Waals surface area contributed by atoms with Crippen molar-refractivity contribution in [3.8, 4) is 17.0 Å². The number of thiazole rings is 1. The van der Waals surface area contributed by atoms with Gasteiger partial charge in [0, 0.05) is 21.0 Å². The molecule has 0 radical (unpaired) electrons. The van der Waals surface area contributed by atoms with Crippen LogP contribution in [-0.2, 0) is 6.61 Å². The van der Waals surface area contributed by atoms with Crippen molar-refractivity contribution in [3.63, 3.8) is 0 Å². The van der Waals surface area contributed by atoms with E-state index in [0.717, 1.165) is 26.9 Å². The van der Waals surface area contributed by atoms with Crippen molar-refractivity contribution in [1.82, 2.24) is 4.98 Å². The first-order valence-corrected chi connectivity index (χ1v) is 10.8. The van der Waals surface area contributed by atoms with E-state index < -0.39 is 0 Å². The van der Waals surface area contributed by atoms with Crippen molar-refractivity contribution in [3.05, 3.63) is 99.6 Å². The number of rotatable bonds is 7. The minimum absolute atomic E-state index is 0.262. The quantitative estimate of drug-likeness (QED) is 0.235. The van der Waals surface area contributed by atoms with Crippen LogP contribution in [0.25, 0.3) is 11.3 Å². The van der Waals surface area contributed by atoms with Gasteiger partial charge in [0.1, 0.15) is 18.2 Å². The minimum Gasteiger partial charge on any atom is -0.489 e. The maximum atomic E-state index is 13.4. The van der Waals surface area contributed by atoms with E-state index >= 15 is 0 Å². The van der Waals surface area contributed by atoms with Gasteiger partial charge < -0.3 is 4.74 Å². The molecule has 0 unspecified atom stereocenters. The van der Waals surface area contributed by atoms with Gasteiger partial charge in [-0.2, -0.15) is 5.10 Å². The second-order valence-corrected chi connectivity index (χ2v) is 8.08. The van der Waals surface area contributed by atoms with Crippen molar-refractivity contribution in [2.24, 2.45) is 5.10 Å². The van der Waals surface area contributed by atoms with E-state index in [1.807, 2.05) is 60.0 Å². The molecule has 150 valence electrons. The molecule has 4 rings (SSSR count). The van der Waals surface area contributed by atoms with Gasteiger partial charge in [0.2, 0.25) is 5.13 Å². The Bertz CT molecular complexity index is 1160. The highest BCUT2D eigenvalue weighted by atomic mass is 79.9. The second-order valence-electron chi connectivity index (χ2n) is 6.37. The first kappa shape index (κ1) is 20.3. The Hall–Kier alpha value is -3.03. The maximum absolute atomic E-state index is 13.4. The zero-order valence-corrected chi connectivity index (χ0v) is 18.2. The molecule has 1 N–H and O–H groups in total. The first-order chi connectivity index (χ1) is 14.7. The average molecular weight is 482 g/mol. The van der Waals surface area contributed by atoms with E-state index in [-0.39, 0.29) is 12.4 Å². The number of ether oxygens (including phenoxy) is 1. The van der Waals surface area contributed by atoms with Crippen LogP contribution >= 0.6 is 27.3 Å². The Morgan fingerprint density at radius 1 is 1.07 bits per heavy atom. The molecule has 1 heterocycles. The molecule has 0 aliphatic heterocycles. The van der Waals surface area contributed by atoms with Crippen LogP contribution in [0.2, 0.25) is 0 Å². The molecule has 3 aromatic carbocycles. The number of benzene rings is 3. The molecule has 1 aromatic heterocycles. The first-order valence-electron chi connectivity index (χ1n) is 9.14. The lowest BCUT2D eigenvalue weighted by Gasteiger charge is -2.08. The van der Waals surface area contributed by atoms with E-state index in [0.29, 0.717) is 10.9 Å². The molecule has 7 heteroatoms. The van der Waals surface area contributed by atoms with Gasteiger partial charge in [-0.25, -0.2) is 9.37 Å². The topological polar surface area (TPSA) is 46.5 Å². The molecule has 0 fully saturated rings. The molecule has 0 bridgehead atoms. The number of nitrogens with zero attached hydrogens (tertiary/aromatic N) is 2. The molecule has 0 atom stereocenters. The van der Waals surface area contributed by atoms with Gasteiger partial charge in [-0.05, 0) is 35.9 Å². The third kappa shape index (κ3) is 5.31. The number of hydrazone groups is 1. The largest absolute Gasteiger partial charge is 0.489 e. The molecular weight excluding hydrogens is 465 g/mol. The highest BCUT2D eigenvalue weighted by Crippen LogP contribution is 2.24. The fourth-order valence-corrected chi connectivity index (χ4v) is 3.76. The molecule has 0 aliphatic rings. The Morgan fingerprint density at radius 2 is 1.93 bits per heavy atom. The second kappa shape index (κ2) is 9.65. The smallest absolute Gasteiger partial charge is 0.203 e. The van der Waals surface area contributed by atoms with Crippen molar-refractivity contribution in [2.75, 3.05) is 5.43 Å². The van der Waals surface area contributed by atoms with Crippen LogP contribution in [-0.4, -0.2) is 11.2 Å². The zero-order valence-electron chi connectivity index (χ0n) is 15.8. The predicted octanol–water partition coefficient (Wildman–Crippen LogP) is 6.74. The lowest BCUT2D eigenvalue weighted by Crippen LogP contribution is -1.98. The summed E-state index contributed by atoms with van der Waals surface area (Å²) in [6.45, 7) is 0.262. The van der Waals surface area contributed by atoms with E-state index in [9.17, 15) is 4.39 Å². The normalized spacial score (nSPS) is 11.0. The summed E-state index contributed by atoms with van der Waals surface area (Å²) in [7, 11) is 0. The molecule has 0 spiro atoms. The number of halogens is 2. The van der Waals surface area contributed by atoms with Gasteiger partial charge in [0.25, 0.3) is 0 Å². The van der Waals surface area contributed by atoms with E-state index in [1.54, 1.807) is 12.3 Å². The lowest BCUT2D eigenvalue weighted by molar-refractivity contribution is 0.305. The van der Waals surface area contributed by atoms with Crippen LogP contribution in [0.1, 0.15) is 11.1 Å². The van der Waals surface area contributed by atoms with E-state index in [2.05, 4.69) is 31.4 Å². The molecule has 0 saturated carbocycles. The van der Waals surface area contributed by atoms with Crippen molar-refractivity contribution < 1.29 is 9.13 Å². The fraction of sp³-hybridized carbons (Fsp3) is 0.0435. The number of hydrogen-bond acceptors (Lipinski definition) is 5. The number of aromatic nitrogens is 1. The monoisotopic (exact) mass is 481 g/mol. The molecule has 4 nitrogen and oxygen atoms in total. The molecular formula is C23H17BrFN3OS. The summed E-state index contributed by atoms with van der Waals surface area (Å²) in [5, 5.41) is 6.97. The fourth-order valence-electron chi connectivity index (χ4n) is 2.73. The maximum Gasteiger partial charge on any atom is 0.203 e. The number of hydrogen-bond donors (Lipinski definition) is 1. The van der Waals surface area contributed by atoms with E-state index in [4.69, 9.17) is 4.74 Å². The van der Waals surface area contributed by atoms with Gasteiger partial charge in [0.15, 0.2) is 0 Å². The summed E-state index contributed by atoms with van der Waals surface area (Å²) in [6, 6.07) is 22.1. The lowest BCUT2D eigenvalue weighted by atomic mass is 10.2. The SMILES string of the molecule is Fc1ccc(Br)c(COc2cccc(C=NNc3nc(-c4ccccc4)cs3)c2)c1. The predicted molar refractivity (Wildman–Crippen MR) is 124 cm³/mol. The van der Waals surface area contributed by atoms with Gasteiger partial charge in [-0.15, -0.1) is 11.3 Å². The summed E-state index contributed by atoms with van der Waals surface area (Å²) >= 11 is 4.91. The molecule has 0 saturated heterocycles. The van der Waals surface area contributed by atoms with Crippen molar-refractivity contribution in [2.45, 2.75) is 6.61 Å². The Labute approximate surface area is 186 Å². The van der Waals surface area contributed by atoms with Crippen LogP contribution in [0.4, 0.5) is 9.52 Å². The van der Waals surface area contributed by atoms with Crippen LogP contribution in [0.3, 0.4) is 0 Å². The Balaban J connectivity index is 1.37. The zero-order chi connectivity index (χ0) is 20.8. The highest BCUT2D eigenvalue weighted by molar-refractivity contribution is 9.10. The third-order valence-electron chi connectivity index (χ3n) is 4.21. The van der Waals surface area contributed by atoms with Gasteiger partial charge >= 0.3 is 0 Å². The summed E-state index contributed by atoms with van der Waals surface area (Å²) < 4.78 is 20.0. The number of nitrogens with one attached hydrogen (secondary N) is 1. The average Bonchev–Trinajstić information content (AvgIpc) is 3.24. The van der Waals surface area contributed by atoms with Crippen molar-refractivity contribution in [1.29, 1.82) is 0 Å². The molecule has 0 amide bonds. The van der Waals surface area contributed by atoms with Gasteiger partial charge in [-0.3, -0.25) is 5.43 Å². The minimum atomic E-state index is -0.290. The third-order valence-corrected chi connectivity index (χ3v) is 5.73. The summed E-state index contributed by atoms with van der Waals surface area (Å²) in [6.07, 6.45) is 1.70. The van der Waals surface area contributed by atoms with Gasteiger partial charge in [0.05, 0.1) is 11.9 Å². The highest BCUT2D eigenvalue weighted by Gasteiger charge is 2.04. The summed E-state index contributed by atoms with van der Waals surface area (Å²) in [4.78, 5) is 4.54. The van der Waals surface area contributed by atoms with Gasteiger partial charge in [-0.1, -0.05) is 58.4 Å². The van der Waals surface area contributed by atoms with Crippen LogP contribution < -0.4 is 10.2 Å². The molecule has 4 aromatic rings. The van der Waals surface area contributed by atoms with E-state index in [1.165, 1.54) is 23.5 Å². The Kier molecular flexibility index (Phi) is 6.51. The number of anilines is 1. The van der Waals surface area contributed by atoms with Crippen LogP contribution in [0.15, 0.2) is 87.8 Å². The molecule has 0 aliphatic carbocycles. The Morgan fingerprint density at radius 3 is 2.80 bits per heavy atom. The van der Waals surface area contributed by atoms with Crippen LogP contribution in [0.5, 0.6) is 5.75 Å². The molecule has 30 heavy (non-hydrogen) atoms. The summed E-state index contributed by atoms with van der Waals surface area (Å²) in [5.41, 5.74) is 6.56.